The zero-order valence-electron chi connectivity index (χ0n) is 11.0. The highest BCUT2D eigenvalue weighted by molar-refractivity contribution is 9.08. The van der Waals surface area contributed by atoms with Crippen molar-refractivity contribution >= 4 is 21.6 Å². The Morgan fingerprint density at radius 3 is 2.40 bits per heavy atom. The molecular formula is C15H14BrNO3. The van der Waals surface area contributed by atoms with Gasteiger partial charge in [0, 0.05) is 11.4 Å². The second-order valence-corrected chi connectivity index (χ2v) is 5.03. The van der Waals surface area contributed by atoms with Crippen LogP contribution in [0, 0.1) is 17.0 Å². The van der Waals surface area contributed by atoms with Crippen LogP contribution >= 0.6 is 15.9 Å². The summed E-state index contributed by atoms with van der Waals surface area (Å²) in [5.74, 6) is 0.299. The second kappa shape index (κ2) is 6.52. The van der Waals surface area contributed by atoms with Gasteiger partial charge < -0.3 is 4.74 Å². The molecule has 0 N–H and O–H groups in total. The molecule has 0 saturated heterocycles. The van der Waals surface area contributed by atoms with Gasteiger partial charge in [0.1, 0.15) is 6.61 Å². The van der Waals surface area contributed by atoms with Crippen LogP contribution in [-0.4, -0.2) is 4.92 Å². The van der Waals surface area contributed by atoms with E-state index < -0.39 is 4.92 Å². The number of hydrogen-bond acceptors (Lipinski definition) is 3. The molecule has 5 heteroatoms. The molecule has 0 bridgehead atoms. The predicted molar refractivity (Wildman–Crippen MR) is 81.2 cm³/mol. The lowest BCUT2D eigenvalue weighted by Crippen LogP contribution is -2.00. The van der Waals surface area contributed by atoms with E-state index >= 15 is 0 Å². The predicted octanol–water partition coefficient (Wildman–Crippen LogP) is 4.38. The number of ether oxygens (including phenoxy) is 1. The average Bonchev–Trinajstić information content (AvgIpc) is 2.46. The lowest BCUT2D eigenvalue weighted by atomic mass is 10.1. The first kappa shape index (κ1) is 14.5. The van der Waals surface area contributed by atoms with Crippen LogP contribution in [0.25, 0.3) is 0 Å². The van der Waals surface area contributed by atoms with Crippen LogP contribution in [0.4, 0.5) is 5.69 Å². The minimum Gasteiger partial charge on any atom is -0.482 e. The maximum atomic E-state index is 11.0. The van der Waals surface area contributed by atoms with Crippen molar-refractivity contribution in [2.45, 2.75) is 18.9 Å². The van der Waals surface area contributed by atoms with Crippen LogP contribution in [0.2, 0.25) is 0 Å². The molecule has 0 unspecified atom stereocenters. The molecule has 0 atom stereocenters. The van der Waals surface area contributed by atoms with Gasteiger partial charge in [-0.3, -0.25) is 10.1 Å². The smallest absolute Gasteiger partial charge is 0.310 e. The summed E-state index contributed by atoms with van der Waals surface area (Å²) in [4.78, 5) is 10.6. The number of benzene rings is 2. The van der Waals surface area contributed by atoms with Gasteiger partial charge in [-0.05, 0) is 24.1 Å². The molecule has 104 valence electrons. The zero-order chi connectivity index (χ0) is 14.5. The molecule has 0 spiro atoms. The van der Waals surface area contributed by atoms with Gasteiger partial charge in [-0.15, -0.1) is 0 Å². The minimum absolute atomic E-state index is 0.0122. The van der Waals surface area contributed by atoms with Crippen molar-refractivity contribution in [3.63, 3.8) is 0 Å². The summed E-state index contributed by atoms with van der Waals surface area (Å²) in [7, 11) is 0. The highest BCUT2D eigenvalue weighted by Crippen LogP contribution is 2.29. The highest BCUT2D eigenvalue weighted by atomic mass is 79.9. The number of halogens is 1. The highest BCUT2D eigenvalue weighted by Gasteiger charge is 2.15. The van der Waals surface area contributed by atoms with Crippen LogP contribution in [-0.2, 0) is 11.9 Å². The monoisotopic (exact) mass is 335 g/mol. The molecule has 2 aromatic rings. The number of rotatable bonds is 5. The fourth-order valence-corrected chi connectivity index (χ4v) is 2.10. The van der Waals surface area contributed by atoms with Gasteiger partial charge in [-0.2, -0.15) is 0 Å². The van der Waals surface area contributed by atoms with Crippen molar-refractivity contribution in [3.05, 3.63) is 69.3 Å². The molecule has 0 saturated carbocycles. The van der Waals surface area contributed by atoms with Gasteiger partial charge in [0.05, 0.1) is 4.92 Å². The van der Waals surface area contributed by atoms with E-state index in [0.29, 0.717) is 17.7 Å². The number of nitro benzene ring substituents is 1. The van der Waals surface area contributed by atoms with E-state index in [9.17, 15) is 10.1 Å². The Balaban J connectivity index is 2.18. The largest absolute Gasteiger partial charge is 0.482 e. The summed E-state index contributed by atoms with van der Waals surface area (Å²) >= 11 is 3.33. The van der Waals surface area contributed by atoms with Crippen LogP contribution in [0.1, 0.15) is 16.7 Å². The molecule has 0 aliphatic carbocycles. The Bertz CT molecular complexity index is 611. The van der Waals surface area contributed by atoms with Gasteiger partial charge in [-0.1, -0.05) is 51.8 Å². The summed E-state index contributed by atoms with van der Waals surface area (Å²) in [6.45, 7) is 2.32. The van der Waals surface area contributed by atoms with Crippen molar-refractivity contribution < 1.29 is 9.66 Å². The molecule has 4 nitrogen and oxygen atoms in total. The normalized spacial score (nSPS) is 10.3. The number of nitro groups is 1. The summed E-state index contributed by atoms with van der Waals surface area (Å²) in [6.07, 6.45) is 0. The maximum Gasteiger partial charge on any atom is 0.310 e. The van der Waals surface area contributed by atoms with Crippen LogP contribution in [0.5, 0.6) is 5.75 Å². The summed E-state index contributed by atoms with van der Waals surface area (Å²) in [5, 5.41) is 11.6. The molecular weight excluding hydrogens is 322 g/mol. The van der Waals surface area contributed by atoms with Crippen LogP contribution in [0.15, 0.2) is 42.5 Å². The van der Waals surface area contributed by atoms with E-state index in [-0.39, 0.29) is 5.69 Å². The lowest BCUT2D eigenvalue weighted by molar-refractivity contribution is -0.386. The molecule has 0 radical (unpaired) electrons. The topological polar surface area (TPSA) is 52.4 Å². The van der Waals surface area contributed by atoms with Gasteiger partial charge in [0.15, 0.2) is 5.75 Å². The molecule has 2 rings (SSSR count). The van der Waals surface area contributed by atoms with E-state index in [1.807, 2.05) is 31.2 Å². The quantitative estimate of drug-likeness (QED) is 0.463. The Morgan fingerprint density at radius 1 is 1.15 bits per heavy atom. The Morgan fingerprint density at radius 2 is 1.80 bits per heavy atom. The van der Waals surface area contributed by atoms with Crippen molar-refractivity contribution in [2.75, 3.05) is 0 Å². The molecule has 0 heterocycles. The van der Waals surface area contributed by atoms with Crippen LogP contribution in [0.3, 0.4) is 0 Å². The summed E-state index contributed by atoms with van der Waals surface area (Å²) in [5.41, 5.74) is 3.08. The molecule has 20 heavy (non-hydrogen) atoms. The minimum atomic E-state index is -0.428. The summed E-state index contributed by atoms with van der Waals surface area (Å²) < 4.78 is 5.60. The number of aryl methyl sites for hydroxylation is 1. The molecule has 0 aromatic heterocycles. The Hall–Kier alpha value is -1.88. The van der Waals surface area contributed by atoms with Crippen molar-refractivity contribution in [1.82, 2.24) is 0 Å². The molecule has 0 fully saturated rings. The van der Waals surface area contributed by atoms with E-state index in [4.69, 9.17) is 4.74 Å². The molecule has 2 aromatic carbocycles. The van der Waals surface area contributed by atoms with E-state index in [2.05, 4.69) is 15.9 Å². The number of hydrogen-bond donors (Lipinski definition) is 0. The number of alkyl halides is 1. The van der Waals surface area contributed by atoms with E-state index in [1.54, 1.807) is 12.1 Å². The zero-order valence-corrected chi connectivity index (χ0v) is 12.6. The first-order chi connectivity index (χ1) is 9.60. The third-order valence-corrected chi connectivity index (χ3v) is 3.54. The second-order valence-electron chi connectivity index (χ2n) is 4.47. The third kappa shape index (κ3) is 3.57. The third-order valence-electron chi connectivity index (χ3n) is 2.89. The van der Waals surface area contributed by atoms with Gasteiger partial charge in [-0.25, -0.2) is 0 Å². The fraction of sp³-hybridized carbons (Fsp3) is 0.200. The van der Waals surface area contributed by atoms with Gasteiger partial charge in [0.25, 0.3) is 0 Å². The molecule has 0 amide bonds. The van der Waals surface area contributed by atoms with Gasteiger partial charge >= 0.3 is 5.69 Å². The van der Waals surface area contributed by atoms with Crippen molar-refractivity contribution in [1.29, 1.82) is 0 Å². The maximum absolute atomic E-state index is 11.0. The lowest BCUT2D eigenvalue weighted by Gasteiger charge is -2.08. The Kier molecular flexibility index (Phi) is 4.74. The summed E-state index contributed by atoms with van der Waals surface area (Å²) in [6, 6.07) is 12.8. The first-order valence-corrected chi connectivity index (χ1v) is 7.24. The van der Waals surface area contributed by atoms with E-state index in [0.717, 1.165) is 11.1 Å². The standard InChI is InChI=1S/C15H14BrNO3/c1-11-2-4-12(5-3-11)10-20-15-8-13(9-16)6-7-14(15)17(18)19/h2-8H,9-10H2,1H3. The SMILES string of the molecule is Cc1ccc(COc2cc(CBr)ccc2[N+](=O)[O-])cc1. The number of nitrogens with zero attached hydrogens (tertiary/aromatic N) is 1. The van der Waals surface area contributed by atoms with Gasteiger partial charge in [0.2, 0.25) is 0 Å². The average molecular weight is 336 g/mol. The molecule has 0 aliphatic heterocycles. The molecule has 0 aliphatic rings. The fourth-order valence-electron chi connectivity index (χ4n) is 1.75. The van der Waals surface area contributed by atoms with Crippen molar-refractivity contribution in [3.8, 4) is 5.75 Å². The van der Waals surface area contributed by atoms with Crippen LogP contribution < -0.4 is 4.74 Å². The Labute approximate surface area is 125 Å². The first-order valence-electron chi connectivity index (χ1n) is 6.12. The van der Waals surface area contributed by atoms with Crippen molar-refractivity contribution in [2.24, 2.45) is 0 Å². The van der Waals surface area contributed by atoms with E-state index in [1.165, 1.54) is 11.6 Å².